The van der Waals surface area contributed by atoms with Gasteiger partial charge in [-0.1, -0.05) is 12.2 Å². The number of hydrogen-bond acceptors (Lipinski definition) is 7. The van der Waals surface area contributed by atoms with Crippen LogP contribution in [0.25, 0.3) is 0 Å². The average molecular weight is 432 g/mol. The highest BCUT2D eigenvalue weighted by atomic mass is 79.9. The van der Waals surface area contributed by atoms with Gasteiger partial charge in [0, 0.05) is 36.7 Å². The Morgan fingerprint density at radius 2 is 2.00 bits per heavy atom. The Hall–Kier alpha value is -2.58. The number of anilines is 4. The fourth-order valence-corrected chi connectivity index (χ4v) is 2.90. The minimum atomic E-state index is -0.0392. The molecule has 1 fully saturated rings. The Balaban J connectivity index is 1.70. The molecule has 0 saturated carbocycles. The molecule has 1 aromatic carbocycles. The second kappa shape index (κ2) is 8.88. The van der Waals surface area contributed by atoms with Crippen LogP contribution >= 0.6 is 15.9 Å². The quantitative estimate of drug-likeness (QED) is 0.466. The maximum Gasteiger partial charge on any atom is 0.229 e. The Morgan fingerprint density at radius 1 is 1.30 bits per heavy atom. The van der Waals surface area contributed by atoms with Crippen LogP contribution in [0.3, 0.4) is 0 Å². The molecule has 0 bridgehead atoms. The third-order valence-corrected chi connectivity index (χ3v) is 4.45. The first-order valence-electron chi connectivity index (χ1n) is 8.57. The molecule has 1 aromatic heterocycles. The van der Waals surface area contributed by atoms with Crippen molar-refractivity contribution in [2.45, 2.75) is 6.92 Å². The summed E-state index contributed by atoms with van der Waals surface area (Å²) in [5, 5.41) is 15.9. The van der Waals surface area contributed by atoms with Crippen molar-refractivity contribution in [3.8, 4) is 0 Å². The van der Waals surface area contributed by atoms with Gasteiger partial charge >= 0.3 is 0 Å². The van der Waals surface area contributed by atoms with Crippen LogP contribution in [0.1, 0.15) is 6.92 Å². The van der Waals surface area contributed by atoms with E-state index in [-0.39, 0.29) is 5.88 Å². The summed E-state index contributed by atoms with van der Waals surface area (Å²) in [7, 11) is 0. The van der Waals surface area contributed by atoms with E-state index in [9.17, 15) is 5.11 Å². The van der Waals surface area contributed by atoms with Crippen molar-refractivity contribution < 1.29 is 9.84 Å². The first-order chi connectivity index (χ1) is 13.0. The maximum atomic E-state index is 9.91. The van der Waals surface area contributed by atoms with Crippen molar-refractivity contribution in [2.75, 3.05) is 41.8 Å². The first kappa shape index (κ1) is 19.2. The van der Waals surface area contributed by atoms with Crippen molar-refractivity contribution in [1.82, 2.24) is 9.97 Å². The van der Waals surface area contributed by atoms with E-state index in [1.54, 1.807) is 13.1 Å². The fraction of sp³-hybridized carbons (Fsp3) is 0.263. The monoisotopic (exact) mass is 431 g/mol. The number of ether oxygens (including phenoxy) is 1. The molecule has 1 aliphatic heterocycles. The predicted octanol–water partition coefficient (Wildman–Crippen LogP) is 4.21. The Bertz CT molecular complexity index is 832. The predicted molar refractivity (Wildman–Crippen MR) is 112 cm³/mol. The van der Waals surface area contributed by atoms with Gasteiger partial charge < -0.3 is 25.4 Å². The van der Waals surface area contributed by atoms with Gasteiger partial charge in [0.1, 0.15) is 0 Å². The SMILES string of the molecule is C=C(C)/C=C(\O)Nc1nc(Nc2ccc(N3CCOCC3)cc2)ncc1Br. The van der Waals surface area contributed by atoms with Crippen molar-refractivity contribution in [1.29, 1.82) is 0 Å². The van der Waals surface area contributed by atoms with Crippen LogP contribution in [0.4, 0.5) is 23.1 Å². The van der Waals surface area contributed by atoms with E-state index >= 15 is 0 Å². The molecule has 1 aliphatic rings. The van der Waals surface area contributed by atoms with Crippen LogP contribution in [0, 0.1) is 0 Å². The van der Waals surface area contributed by atoms with Crippen LogP contribution in [-0.4, -0.2) is 41.4 Å². The van der Waals surface area contributed by atoms with E-state index in [4.69, 9.17) is 4.74 Å². The number of halogens is 1. The largest absolute Gasteiger partial charge is 0.495 e. The molecule has 0 spiro atoms. The number of morpholine rings is 1. The highest BCUT2D eigenvalue weighted by molar-refractivity contribution is 9.10. The normalized spacial score (nSPS) is 14.7. The van der Waals surface area contributed by atoms with Crippen LogP contribution in [0.2, 0.25) is 0 Å². The smallest absolute Gasteiger partial charge is 0.229 e. The lowest BCUT2D eigenvalue weighted by atomic mass is 10.2. The molecular formula is C19H22BrN5O2. The van der Waals surface area contributed by atoms with Gasteiger partial charge in [-0.25, -0.2) is 4.98 Å². The van der Waals surface area contributed by atoms with Gasteiger partial charge in [0.25, 0.3) is 0 Å². The number of rotatable bonds is 6. The molecular weight excluding hydrogens is 410 g/mol. The van der Waals surface area contributed by atoms with E-state index in [0.717, 1.165) is 43.3 Å². The zero-order valence-corrected chi connectivity index (χ0v) is 16.7. The molecule has 0 atom stereocenters. The van der Waals surface area contributed by atoms with E-state index in [2.05, 4.69) is 60.1 Å². The lowest BCUT2D eigenvalue weighted by Crippen LogP contribution is -2.36. The number of nitrogens with zero attached hydrogens (tertiary/aromatic N) is 3. The molecule has 7 nitrogen and oxygen atoms in total. The molecule has 0 radical (unpaired) electrons. The van der Waals surface area contributed by atoms with Crippen molar-refractivity contribution in [3.05, 3.63) is 59.0 Å². The third kappa shape index (κ3) is 5.45. The maximum absolute atomic E-state index is 9.91. The summed E-state index contributed by atoms with van der Waals surface area (Å²) >= 11 is 3.37. The highest BCUT2D eigenvalue weighted by Gasteiger charge is 2.11. The van der Waals surface area contributed by atoms with Gasteiger partial charge in [0.05, 0.1) is 17.7 Å². The van der Waals surface area contributed by atoms with Crippen LogP contribution in [-0.2, 0) is 4.74 Å². The molecule has 2 heterocycles. The summed E-state index contributed by atoms with van der Waals surface area (Å²) in [6.07, 6.45) is 3.14. The molecule has 3 rings (SSSR count). The molecule has 0 unspecified atom stereocenters. The summed E-state index contributed by atoms with van der Waals surface area (Å²) in [5.41, 5.74) is 2.77. The fourth-order valence-electron chi connectivity index (χ4n) is 2.61. The average Bonchev–Trinajstić information content (AvgIpc) is 2.65. The van der Waals surface area contributed by atoms with Crippen LogP contribution in [0.5, 0.6) is 0 Å². The number of nitrogens with one attached hydrogen (secondary N) is 2. The zero-order valence-electron chi connectivity index (χ0n) is 15.1. The van der Waals surface area contributed by atoms with Crippen molar-refractivity contribution in [3.63, 3.8) is 0 Å². The lowest BCUT2D eigenvalue weighted by Gasteiger charge is -2.28. The molecule has 0 aliphatic carbocycles. The second-order valence-corrected chi connectivity index (χ2v) is 7.02. The molecule has 2 aromatic rings. The minimum absolute atomic E-state index is 0.0392. The summed E-state index contributed by atoms with van der Waals surface area (Å²) in [4.78, 5) is 10.9. The van der Waals surface area contributed by atoms with Crippen molar-refractivity contribution in [2.24, 2.45) is 0 Å². The van der Waals surface area contributed by atoms with E-state index in [1.807, 2.05) is 12.1 Å². The molecule has 1 saturated heterocycles. The van der Waals surface area contributed by atoms with E-state index in [1.165, 1.54) is 6.08 Å². The summed E-state index contributed by atoms with van der Waals surface area (Å²) in [5.74, 6) is 0.832. The topological polar surface area (TPSA) is 82.5 Å². The summed E-state index contributed by atoms with van der Waals surface area (Å²) in [6.45, 7) is 8.84. The van der Waals surface area contributed by atoms with Gasteiger partial charge in [-0.3, -0.25) is 0 Å². The number of allylic oxidation sites excluding steroid dienone is 2. The Kier molecular flexibility index (Phi) is 6.31. The standard InChI is InChI=1S/C19H22BrN5O2/c1-13(2)11-17(26)23-18-16(20)12-21-19(24-18)22-14-3-5-15(6-4-14)25-7-9-27-10-8-25/h3-6,11-12,26H,1,7-10H2,2H3,(H2,21,22,23,24)/b17-11-. The first-order valence-corrected chi connectivity index (χ1v) is 9.36. The Morgan fingerprint density at radius 3 is 2.67 bits per heavy atom. The summed E-state index contributed by atoms with van der Waals surface area (Å²) < 4.78 is 6.02. The number of aromatic nitrogens is 2. The summed E-state index contributed by atoms with van der Waals surface area (Å²) in [6, 6.07) is 8.10. The van der Waals surface area contributed by atoms with Gasteiger partial charge in [-0.2, -0.15) is 4.98 Å². The third-order valence-electron chi connectivity index (χ3n) is 3.87. The molecule has 27 heavy (non-hydrogen) atoms. The van der Waals surface area contributed by atoms with Crippen LogP contribution in [0.15, 0.2) is 59.0 Å². The second-order valence-electron chi connectivity index (χ2n) is 6.16. The lowest BCUT2D eigenvalue weighted by molar-refractivity contribution is 0.122. The van der Waals surface area contributed by atoms with Gasteiger partial charge in [-0.15, -0.1) is 0 Å². The number of benzene rings is 1. The molecule has 0 amide bonds. The molecule has 142 valence electrons. The Labute approximate surface area is 166 Å². The van der Waals surface area contributed by atoms with E-state index < -0.39 is 0 Å². The van der Waals surface area contributed by atoms with Gasteiger partial charge in [0.2, 0.25) is 5.95 Å². The number of hydrogen-bond donors (Lipinski definition) is 3. The van der Waals surface area contributed by atoms with Gasteiger partial charge in [0.15, 0.2) is 11.7 Å². The molecule has 8 heteroatoms. The number of aliphatic hydroxyl groups is 1. The van der Waals surface area contributed by atoms with Crippen LogP contribution < -0.4 is 15.5 Å². The highest BCUT2D eigenvalue weighted by Crippen LogP contribution is 2.24. The van der Waals surface area contributed by atoms with E-state index in [0.29, 0.717) is 16.2 Å². The zero-order chi connectivity index (χ0) is 19.2. The number of aliphatic hydroxyl groups excluding tert-OH is 1. The molecule has 3 N–H and O–H groups in total. The minimum Gasteiger partial charge on any atom is -0.495 e. The van der Waals surface area contributed by atoms with Gasteiger partial charge in [-0.05, 0) is 47.1 Å². The van der Waals surface area contributed by atoms with Crippen molar-refractivity contribution >= 4 is 39.1 Å².